The third-order valence-electron chi connectivity index (χ3n) is 6.57. The lowest BCUT2D eigenvalue weighted by atomic mass is 9.77. The van der Waals surface area contributed by atoms with Gasteiger partial charge in [-0.3, -0.25) is 0 Å². The van der Waals surface area contributed by atoms with Gasteiger partial charge in [0.15, 0.2) is 26.3 Å². The van der Waals surface area contributed by atoms with Gasteiger partial charge in [-0.05, 0) is 55.2 Å². The molecule has 0 aliphatic carbocycles. The minimum atomic E-state index is -0.458. The van der Waals surface area contributed by atoms with Crippen molar-refractivity contribution in [3.63, 3.8) is 0 Å². The van der Waals surface area contributed by atoms with Crippen molar-refractivity contribution in [2.45, 2.75) is 65.6 Å². The topological polar surface area (TPSA) is 18.5 Å². The van der Waals surface area contributed by atoms with Crippen molar-refractivity contribution in [1.29, 1.82) is 0 Å². The van der Waals surface area contributed by atoms with E-state index in [1.54, 1.807) is 6.07 Å². The Morgan fingerprint density at radius 3 is 2.06 bits per heavy atom. The molecule has 0 radical (unpaired) electrons. The van der Waals surface area contributed by atoms with Gasteiger partial charge in [0.05, 0.1) is 23.1 Å². The molecule has 2 aliphatic rings. The van der Waals surface area contributed by atoms with E-state index in [0.717, 1.165) is 24.2 Å². The van der Waals surface area contributed by atoms with Crippen LogP contribution in [-0.2, 0) is 15.6 Å². The van der Waals surface area contributed by atoms with Crippen molar-refractivity contribution < 1.29 is 13.9 Å². The molecule has 0 N–H and O–H groups in total. The van der Waals surface area contributed by atoms with Crippen molar-refractivity contribution in [1.82, 2.24) is 0 Å². The molecule has 2 fully saturated rings. The zero-order valence-electron chi connectivity index (χ0n) is 18.0. The van der Waals surface area contributed by atoms with Gasteiger partial charge in [-0.25, -0.2) is 4.39 Å². The molecule has 0 aromatic heterocycles. The third-order valence-corrected chi connectivity index (χ3v) is 8.79. The normalized spacial score (nSPS) is 24.8. The van der Waals surface area contributed by atoms with Crippen molar-refractivity contribution in [3.8, 4) is 5.75 Å². The molecule has 0 amide bonds. The van der Waals surface area contributed by atoms with E-state index < -0.39 is 5.60 Å². The molecule has 2 nitrogen and oxygen atoms in total. The number of fused-ring (bicyclic) bond motifs is 2. The Morgan fingerprint density at radius 1 is 0.903 bits per heavy atom. The summed E-state index contributed by atoms with van der Waals surface area (Å²) < 4.78 is 27.7. The molecule has 3 atom stereocenters. The van der Waals surface area contributed by atoms with E-state index in [-0.39, 0.29) is 34.8 Å². The molecule has 4 heteroatoms. The Balaban J connectivity index is 1.55. The first-order valence-corrected chi connectivity index (χ1v) is 12.3. The molecule has 5 rings (SSSR count). The van der Waals surface area contributed by atoms with Crippen LogP contribution >= 0.6 is 0 Å². The summed E-state index contributed by atoms with van der Waals surface area (Å²) in [5.41, 5.74) is -0.458. The van der Waals surface area contributed by atoms with Crippen molar-refractivity contribution in [3.05, 3.63) is 84.7 Å². The Hall–Kier alpha value is -2.30. The van der Waals surface area contributed by atoms with Crippen LogP contribution in [0.25, 0.3) is 0 Å². The second kappa shape index (κ2) is 8.33. The van der Waals surface area contributed by atoms with Gasteiger partial charge in [0.2, 0.25) is 0 Å². The van der Waals surface area contributed by atoms with E-state index in [1.165, 1.54) is 9.79 Å². The summed E-state index contributed by atoms with van der Waals surface area (Å²) in [5, 5.41) is 0. The van der Waals surface area contributed by atoms with Crippen LogP contribution in [0.1, 0.15) is 33.1 Å². The van der Waals surface area contributed by atoms with Crippen LogP contribution in [0.3, 0.4) is 0 Å². The Bertz CT molecular complexity index is 1000. The largest absolute Gasteiger partial charge is 0.481 e. The lowest BCUT2D eigenvalue weighted by Gasteiger charge is -2.39. The van der Waals surface area contributed by atoms with Gasteiger partial charge in [0.25, 0.3) is 0 Å². The summed E-state index contributed by atoms with van der Waals surface area (Å²) in [6, 6.07) is 26.2. The van der Waals surface area contributed by atoms with Crippen molar-refractivity contribution in [2.75, 3.05) is 0 Å². The van der Waals surface area contributed by atoms with Crippen LogP contribution in [0.15, 0.2) is 93.5 Å². The summed E-state index contributed by atoms with van der Waals surface area (Å²) in [6.45, 7) is 4.31. The average Bonchev–Trinajstić information content (AvgIpc) is 3.40. The highest BCUT2D eigenvalue weighted by Gasteiger charge is 2.56. The molecule has 3 unspecified atom stereocenters. The van der Waals surface area contributed by atoms with Gasteiger partial charge >= 0.3 is 0 Å². The minimum absolute atomic E-state index is 0.0436. The van der Waals surface area contributed by atoms with E-state index in [2.05, 4.69) is 62.4 Å². The third kappa shape index (κ3) is 3.77. The predicted molar refractivity (Wildman–Crippen MR) is 122 cm³/mol. The number of rotatable bonds is 6. The predicted octanol–water partition coefficient (Wildman–Crippen LogP) is 6.65. The maximum absolute atomic E-state index is 15.0. The number of benzene rings is 3. The number of hydrogen-bond acceptors (Lipinski definition) is 2. The molecule has 3 aromatic carbocycles. The average molecular weight is 436 g/mol. The van der Waals surface area contributed by atoms with Crippen LogP contribution < -0.4 is 4.74 Å². The van der Waals surface area contributed by atoms with Crippen LogP contribution in [0.2, 0.25) is 0 Å². The fraction of sp³-hybridized carbons (Fsp3) is 0.333. The first-order chi connectivity index (χ1) is 15.1. The fourth-order valence-corrected chi connectivity index (χ4v) is 7.05. The highest BCUT2D eigenvalue weighted by atomic mass is 32.2. The highest BCUT2D eigenvalue weighted by molar-refractivity contribution is 7.97. The van der Waals surface area contributed by atoms with Crippen LogP contribution in [-0.4, -0.2) is 17.8 Å². The molecule has 2 saturated heterocycles. The second-order valence-electron chi connectivity index (χ2n) is 8.76. The van der Waals surface area contributed by atoms with Gasteiger partial charge in [-0.2, -0.15) is 0 Å². The Morgan fingerprint density at radius 2 is 1.55 bits per heavy atom. The monoisotopic (exact) mass is 435 g/mol. The standard InChI is InChI=1S/C27H28FO2S/c1-19(2)27(18-20-13-16-26(27)29-20)30-25-17-23(14-15-24(25)28)31(21-9-5-3-6-10-21)22-11-7-4-8-12-22/h3-12,14-15,17,19-20,26H,13,16,18H2,1-2H3/q+1. The zero-order valence-corrected chi connectivity index (χ0v) is 18.8. The minimum Gasteiger partial charge on any atom is -0.481 e. The molecule has 160 valence electrons. The maximum atomic E-state index is 15.0. The first kappa shape index (κ1) is 20.6. The smallest absolute Gasteiger partial charge is 0.170 e. The van der Waals surface area contributed by atoms with Crippen molar-refractivity contribution >= 4 is 10.9 Å². The number of hydrogen-bond donors (Lipinski definition) is 0. The Kier molecular flexibility index (Phi) is 5.53. The summed E-state index contributed by atoms with van der Waals surface area (Å²) in [6.07, 6.45) is 3.19. The lowest BCUT2D eigenvalue weighted by molar-refractivity contribution is -0.0430. The van der Waals surface area contributed by atoms with Gasteiger partial charge < -0.3 is 9.47 Å². The SMILES string of the molecule is CC(C)C1(Oc2cc([S+](c3ccccc3)c3ccccc3)ccc2F)CC2CCC1O2. The fourth-order valence-electron chi connectivity index (χ4n) is 4.95. The van der Waals surface area contributed by atoms with Gasteiger partial charge in [-0.15, -0.1) is 0 Å². The van der Waals surface area contributed by atoms with Gasteiger partial charge in [0, 0.05) is 12.5 Å². The summed E-state index contributed by atoms with van der Waals surface area (Å²) in [7, 11) is -0.340. The lowest BCUT2D eigenvalue weighted by Crippen LogP contribution is -2.50. The van der Waals surface area contributed by atoms with E-state index in [1.807, 2.05) is 24.3 Å². The van der Waals surface area contributed by atoms with Gasteiger partial charge in [-0.1, -0.05) is 50.2 Å². The second-order valence-corrected chi connectivity index (χ2v) is 10.8. The summed E-state index contributed by atoms with van der Waals surface area (Å²) in [4.78, 5) is 3.46. The summed E-state index contributed by atoms with van der Waals surface area (Å²) in [5.74, 6) is 0.273. The molecule has 2 bridgehead atoms. The van der Waals surface area contributed by atoms with Gasteiger partial charge in [0.1, 0.15) is 5.60 Å². The quantitative estimate of drug-likeness (QED) is 0.404. The highest BCUT2D eigenvalue weighted by Crippen LogP contribution is 2.48. The Labute approximate surface area is 186 Å². The van der Waals surface area contributed by atoms with Crippen LogP contribution in [0.4, 0.5) is 4.39 Å². The molecular weight excluding hydrogens is 407 g/mol. The molecular formula is C27H28FO2S+. The summed E-state index contributed by atoms with van der Waals surface area (Å²) >= 11 is 0. The van der Waals surface area contributed by atoms with E-state index in [9.17, 15) is 0 Å². The molecule has 2 aliphatic heterocycles. The number of ether oxygens (including phenoxy) is 2. The maximum Gasteiger partial charge on any atom is 0.170 e. The van der Waals surface area contributed by atoms with Crippen molar-refractivity contribution in [2.24, 2.45) is 5.92 Å². The van der Waals surface area contributed by atoms with E-state index in [0.29, 0.717) is 5.75 Å². The molecule has 0 saturated carbocycles. The van der Waals surface area contributed by atoms with E-state index in [4.69, 9.17) is 9.47 Å². The number of halogens is 1. The molecule has 31 heavy (non-hydrogen) atoms. The molecule has 3 aromatic rings. The van der Waals surface area contributed by atoms with Crippen LogP contribution in [0.5, 0.6) is 5.75 Å². The molecule has 2 heterocycles. The van der Waals surface area contributed by atoms with E-state index >= 15 is 4.39 Å². The van der Waals surface area contributed by atoms with Crippen LogP contribution in [0, 0.1) is 11.7 Å². The zero-order chi connectivity index (χ0) is 21.4. The molecule has 0 spiro atoms. The first-order valence-electron chi connectivity index (χ1n) is 11.1.